The topological polar surface area (TPSA) is 20.3 Å². The predicted octanol–water partition coefficient (Wildman–Crippen LogP) is 5.17. The lowest BCUT2D eigenvalue weighted by molar-refractivity contribution is 0.232. The molecule has 0 aliphatic heterocycles. The maximum Gasteiger partial charge on any atom is 0.286 e. The lowest BCUT2D eigenvalue weighted by atomic mass is 10.1. The molecule has 2 rings (SSSR count). The smallest absolute Gasteiger partial charge is 0.286 e. The van der Waals surface area contributed by atoms with Gasteiger partial charge in [-0.2, -0.15) is 0 Å². The summed E-state index contributed by atoms with van der Waals surface area (Å²) >= 11 is 1.33. The summed E-state index contributed by atoms with van der Waals surface area (Å²) in [6.07, 6.45) is 3.43. The Morgan fingerprint density at radius 3 is 2.65 bits per heavy atom. The minimum Gasteiger partial charge on any atom is -0.336 e. The Hall–Kier alpha value is -1.48. The number of hydrogen-bond acceptors (Lipinski definition) is 2. The molecule has 20 heavy (non-hydrogen) atoms. The van der Waals surface area contributed by atoms with E-state index in [1.165, 1.54) is 30.0 Å². The SMILES string of the molecule is CCCCCN(C)C(=O)Sc1cccc2ccccc12. The van der Waals surface area contributed by atoms with Crippen molar-refractivity contribution in [2.24, 2.45) is 0 Å². The van der Waals surface area contributed by atoms with Gasteiger partial charge in [0.05, 0.1) is 0 Å². The van der Waals surface area contributed by atoms with Crippen molar-refractivity contribution in [3.05, 3.63) is 42.5 Å². The molecule has 0 unspecified atom stereocenters. The molecule has 0 aliphatic carbocycles. The van der Waals surface area contributed by atoms with Gasteiger partial charge in [-0.3, -0.25) is 4.79 Å². The van der Waals surface area contributed by atoms with Crippen LogP contribution >= 0.6 is 11.8 Å². The van der Waals surface area contributed by atoms with Crippen LogP contribution in [0.3, 0.4) is 0 Å². The molecular formula is C17H21NOS. The number of thioether (sulfide) groups is 1. The lowest BCUT2D eigenvalue weighted by Gasteiger charge is -2.16. The molecule has 0 atom stereocenters. The first-order valence-electron chi connectivity index (χ1n) is 7.13. The third-order valence-electron chi connectivity index (χ3n) is 3.36. The van der Waals surface area contributed by atoms with Gasteiger partial charge in [-0.25, -0.2) is 0 Å². The van der Waals surface area contributed by atoms with Crippen LogP contribution in [0.1, 0.15) is 26.2 Å². The van der Waals surface area contributed by atoms with E-state index in [1.54, 1.807) is 0 Å². The Bertz CT molecular complexity index is 577. The monoisotopic (exact) mass is 287 g/mol. The third kappa shape index (κ3) is 3.76. The number of nitrogens with zero attached hydrogens (tertiary/aromatic N) is 1. The van der Waals surface area contributed by atoms with Crippen LogP contribution in [-0.2, 0) is 0 Å². The highest BCUT2D eigenvalue weighted by atomic mass is 32.2. The van der Waals surface area contributed by atoms with Crippen LogP contribution in [0.5, 0.6) is 0 Å². The highest BCUT2D eigenvalue weighted by molar-refractivity contribution is 8.13. The molecule has 0 heterocycles. The van der Waals surface area contributed by atoms with Gasteiger partial charge in [0.15, 0.2) is 0 Å². The minimum absolute atomic E-state index is 0.123. The second-order valence-corrected chi connectivity index (χ2v) is 5.97. The Morgan fingerprint density at radius 1 is 1.10 bits per heavy atom. The quantitative estimate of drug-likeness (QED) is 0.558. The van der Waals surface area contributed by atoms with E-state index in [9.17, 15) is 4.79 Å². The van der Waals surface area contributed by atoms with E-state index in [0.29, 0.717) is 0 Å². The van der Waals surface area contributed by atoms with Crippen LogP contribution in [0, 0.1) is 0 Å². The van der Waals surface area contributed by atoms with Crippen molar-refractivity contribution in [1.29, 1.82) is 0 Å². The van der Waals surface area contributed by atoms with E-state index in [-0.39, 0.29) is 5.24 Å². The number of carbonyl (C=O) groups excluding carboxylic acids is 1. The number of benzene rings is 2. The summed E-state index contributed by atoms with van der Waals surface area (Å²) in [4.78, 5) is 15.1. The van der Waals surface area contributed by atoms with Gasteiger partial charge in [-0.1, -0.05) is 56.2 Å². The summed E-state index contributed by atoms with van der Waals surface area (Å²) in [6.45, 7) is 3.01. The standard InChI is InChI=1S/C17H21NOS/c1-3-4-7-13-18(2)17(19)20-16-12-8-10-14-9-5-6-11-15(14)16/h5-6,8-12H,3-4,7,13H2,1-2H3. The highest BCUT2D eigenvalue weighted by Crippen LogP contribution is 2.29. The van der Waals surface area contributed by atoms with Gasteiger partial charge >= 0.3 is 0 Å². The zero-order valence-electron chi connectivity index (χ0n) is 12.1. The first-order valence-corrected chi connectivity index (χ1v) is 7.94. The zero-order valence-corrected chi connectivity index (χ0v) is 13.0. The van der Waals surface area contributed by atoms with Crippen molar-refractivity contribution < 1.29 is 4.79 Å². The zero-order chi connectivity index (χ0) is 14.4. The van der Waals surface area contributed by atoms with E-state index in [2.05, 4.69) is 25.1 Å². The maximum atomic E-state index is 12.2. The fourth-order valence-corrected chi connectivity index (χ4v) is 3.02. The third-order valence-corrected chi connectivity index (χ3v) is 4.42. The summed E-state index contributed by atoms with van der Waals surface area (Å²) in [5, 5.41) is 2.45. The minimum atomic E-state index is 0.123. The molecule has 0 aliphatic rings. The molecule has 3 heteroatoms. The Kier molecular flexibility index (Phi) is 5.48. The van der Waals surface area contributed by atoms with Gasteiger partial charge in [-0.05, 0) is 35.0 Å². The molecule has 2 nitrogen and oxygen atoms in total. The summed E-state index contributed by atoms with van der Waals surface area (Å²) in [5.74, 6) is 0. The Balaban J connectivity index is 2.06. The first kappa shape index (κ1) is 14.9. The molecule has 0 N–H and O–H groups in total. The van der Waals surface area contributed by atoms with E-state index >= 15 is 0 Å². The van der Waals surface area contributed by atoms with Crippen molar-refractivity contribution >= 4 is 27.8 Å². The van der Waals surface area contributed by atoms with Gasteiger partial charge in [0.2, 0.25) is 0 Å². The van der Waals surface area contributed by atoms with Crippen molar-refractivity contribution in [1.82, 2.24) is 4.90 Å². The summed E-state index contributed by atoms with van der Waals surface area (Å²) < 4.78 is 0. The van der Waals surface area contributed by atoms with Crippen LogP contribution in [0.4, 0.5) is 4.79 Å². The average molecular weight is 287 g/mol. The molecule has 0 aromatic heterocycles. The number of amides is 1. The van der Waals surface area contributed by atoms with Gasteiger partial charge < -0.3 is 4.90 Å². The second kappa shape index (κ2) is 7.34. The van der Waals surface area contributed by atoms with Crippen molar-refractivity contribution in [2.45, 2.75) is 31.1 Å². The molecular weight excluding hydrogens is 266 g/mol. The largest absolute Gasteiger partial charge is 0.336 e. The number of unbranched alkanes of at least 4 members (excludes halogenated alkanes) is 2. The molecule has 0 radical (unpaired) electrons. The molecule has 0 bridgehead atoms. The van der Waals surface area contributed by atoms with Crippen molar-refractivity contribution in [3.8, 4) is 0 Å². The highest BCUT2D eigenvalue weighted by Gasteiger charge is 2.12. The maximum absolute atomic E-state index is 12.2. The van der Waals surface area contributed by atoms with Crippen LogP contribution < -0.4 is 0 Å². The molecule has 0 saturated heterocycles. The fourth-order valence-electron chi connectivity index (χ4n) is 2.15. The molecule has 1 amide bonds. The number of fused-ring (bicyclic) bond motifs is 1. The Labute approximate surface area is 125 Å². The van der Waals surface area contributed by atoms with Gasteiger partial charge in [-0.15, -0.1) is 0 Å². The molecule has 0 spiro atoms. The molecule has 2 aromatic rings. The fraction of sp³-hybridized carbons (Fsp3) is 0.353. The first-order chi connectivity index (χ1) is 9.72. The number of rotatable bonds is 5. The van der Waals surface area contributed by atoms with E-state index in [4.69, 9.17) is 0 Å². The van der Waals surface area contributed by atoms with E-state index in [0.717, 1.165) is 23.2 Å². The average Bonchev–Trinajstić information content (AvgIpc) is 2.47. The number of hydrogen-bond donors (Lipinski definition) is 0. The number of carbonyl (C=O) groups is 1. The van der Waals surface area contributed by atoms with Crippen LogP contribution in [0.25, 0.3) is 10.8 Å². The summed E-state index contributed by atoms with van der Waals surface area (Å²) in [5.41, 5.74) is 0. The normalized spacial score (nSPS) is 10.7. The van der Waals surface area contributed by atoms with Crippen LogP contribution in [0.15, 0.2) is 47.4 Å². The van der Waals surface area contributed by atoms with E-state index < -0.39 is 0 Å². The molecule has 106 valence electrons. The van der Waals surface area contributed by atoms with Crippen LogP contribution in [0.2, 0.25) is 0 Å². The molecule has 2 aromatic carbocycles. The molecule has 0 saturated carbocycles. The Morgan fingerprint density at radius 2 is 1.85 bits per heavy atom. The van der Waals surface area contributed by atoms with Gasteiger partial charge in [0, 0.05) is 18.5 Å². The summed E-state index contributed by atoms with van der Waals surface area (Å²) in [7, 11) is 1.89. The van der Waals surface area contributed by atoms with Gasteiger partial charge in [0.1, 0.15) is 0 Å². The molecule has 0 fully saturated rings. The van der Waals surface area contributed by atoms with Crippen molar-refractivity contribution in [3.63, 3.8) is 0 Å². The van der Waals surface area contributed by atoms with Gasteiger partial charge in [0.25, 0.3) is 5.24 Å². The lowest BCUT2D eigenvalue weighted by Crippen LogP contribution is -2.23. The van der Waals surface area contributed by atoms with E-state index in [1.807, 2.05) is 36.2 Å². The second-order valence-electron chi connectivity index (χ2n) is 4.97. The summed E-state index contributed by atoms with van der Waals surface area (Å²) in [6, 6.07) is 14.3. The van der Waals surface area contributed by atoms with Crippen molar-refractivity contribution in [2.75, 3.05) is 13.6 Å². The predicted molar refractivity (Wildman–Crippen MR) is 87.4 cm³/mol. The van der Waals surface area contributed by atoms with Crippen LogP contribution in [-0.4, -0.2) is 23.7 Å².